The summed E-state index contributed by atoms with van der Waals surface area (Å²) in [5.41, 5.74) is 1.16. The molecule has 3 saturated heterocycles. The number of benzene rings is 1. The number of hydrogen-bond acceptors (Lipinski definition) is 6. The van der Waals surface area contributed by atoms with Gasteiger partial charge in [-0.05, 0) is 62.6 Å². The molecular weight excluding hydrogens is 489 g/mol. The number of nitrogens with zero attached hydrogens (tertiary/aromatic N) is 3. The van der Waals surface area contributed by atoms with Gasteiger partial charge in [0.15, 0.2) is 0 Å². The zero-order chi connectivity index (χ0) is 27.2. The number of carbonyl (C=O) groups excluding carboxylic acids is 2. The number of methoxy groups -OCH3 is 1. The Morgan fingerprint density at radius 3 is 2.00 bits per heavy atom. The van der Waals surface area contributed by atoms with Gasteiger partial charge in [-0.25, -0.2) is 4.39 Å². The van der Waals surface area contributed by atoms with Crippen LogP contribution in [0.3, 0.4) is 0 Å². The summed E-state index contributed by atoms with van der Waals surface area (Å²) in [6, 6.07) is 4.45. The van der Waals surface area contributed by atoms with Gasteiger partial charge in [0.1, 0.15) is 5.82 Å². The van der Waals surface area contributed by atoms with E-state index in [1.165, 1.54) is 6.07 Å². The number of likely N-dealkylation sites (tertiary alicyclic amines) is 3. The van der Waals surface area contributed by atoms with Crippen LogP contribution in [0.25, 0.3) is 0 Å². The van der Waals surface area contributed by atoms with Crippen molar-refractivity contribution in [1.82, 2.24) is 14.7 Å². The second-order valence-electron chi connectivity index (χ2n) is 11.2. The molecule has 2 N–H and O–H groups in total. The number of amides is 2. The van der Waals surface area contributed by atoms with Gasteiger partial charge in [-0.3, -0.25) is 14.5 Å². The fraction of sp³-hybridized carbons (Fsp3) is 0.724. The molecule has 38 heavy (non-hydrogen) atoms. The molecule has 1 aromatic rings. The van der Waals surface area contributed by atoms with Gasteiger partial charge >= 0.3 is 0 Å². The molecule has 9 heteroatoms. The van der Waals surface area contributed by atoms with E-state index in [9.17, 15) is 24.2 Å². The van der Waals surface area contributed by atoms with Crippen molar-refractivity contribution in [2.24, 2.45) is 11.8 Å². The van der Waals surface area contributed by atoms with Crippen LogP contribution in [0, 0.1) is 24.6 Å². The second-order valence-corrected chi connectivity index (χ2v) is 11.2. The Morgan fingerprint density at radius 1 is 0.947 bits per heavy atom. The van der Waals surface area contributed by atoms with E-state index in [2.05, 4.69) is 4.90 Å². The number of piperidine rings is 3. The maximum absolute atomic E-state index is 14.9. The highest BCUT2D eigenvalue weighted by Gasteiger charge is 2.48. The van der Waals surface area contributed by atoms with Gasteiger partial charge < -0.3 is 24.7 Å². The normalized spacial score (nSPS) is 27.5. The third-order valence-electron chi connectivity index (χ3n) is 8.93. The number of carbonyl (C=O) groups is 2. The first-order chi connectivity index (χ1) is 18.4. The van der Waals surface area contributed by atoms with Crippen LogP contribution in [0.4, 0.5) is 4.39 Å². The number of ether oxygens (including phenoxy) is 1. The minimum absolute atomic E-state index is 0.0744. The first-order valence-electron chi connectivity index (χ1n) is 14.2. The molecule has 3 aliphatic rings. The maximum atomic E-state index is 14.9. The number of halogens is 1. The van der Waals surface area contributed by atoms with Crippen molar-refractivity contribution in [3.05, 3.63) is 35.1 Å². The van der Waals surface area contributed by atoms with E-state index < -0.39 is 17.8 Å². The van der Waals surface area contributed by atoms with Gasteiger partial charge in [0, 0.05) is 45.8 Å². The Hall–Kier alpha value is -2.07. The molecule has 0 unspecified atom stereocenters. The Morgan fingerprint density at radius 2 is 1.50 bits per heavy atom. The lowest BCUT2D eigenvalue weighted by Crippen LogP contribution is -2.59. The average Bonchev–Trinajstić information content (AvgIpc) is 2.96. The molecule has 4 rings (SSSR count). The molecule has 3 heterocycles. The molecule has 0 bridgehead atoms. The fourth-order valence-electron chi connectivity index (χ4n) is 6.81. The molecule has 0 saturated carbocycles. The van der Waals surface area contributed by atoms with Crippen LogP contribution >= 0.6 is 0 Å². The Labute approximate surface area is 225 Å². The average molecular weight is 534 g/mol. The lowest BCUT2D eigenvalue weighted by Gasteiger charge is -2.48. The first kappa shape index (κ1) is 28.9. The molecule has 0 aliphatic carbocycles. The molecule has 2 amide bonds. The maximum Gasteiger partial charge on any atom is 0.227 e. The van der Waals surface area contributed by atoms with E-state index in [0.717, 1.165) is 38.5 Å². The highest BCUT2D eigenvalue weighted by atomic mass is 19.1. The van der Waals surface area contributed by atoms with Crippen LogP contribution in [-0.2, 0) is 14.3 Å². The third kappa shape index (κ3) is 6.06. The molecule has 3 fully saturated rings. The molecular formula is C29H44FN3O5. The van der Waals surface area contributed by atoms with Crippen molar-refractivity contribution >= 4 is 11.8 Å². The Kier molecular flexibility index (Phi) is 10.1. The quantitative estimate of drug-likeness (QED) is 0.532. The molecule has 8 nitrogen and oxygen atoms in total. The molecule has 1 aromatic carbocycles. The molecule has 4 atom stereocenters. The molecule has 3 aliphatic heterocycles. The van der Waals surface area contributed by atoms with Crippen molar-refractivity contribution in [2.45, 2.75) is 63.5 Å². The highest BCUT2D eigenvalue weighted by molar-refractivity contribution is 5.85. The first-order valence-corrected chi connectivity index (χ1v) is 14.2. The van der Waals surface area contributed by atoms with Crippen molar-refractivity contribution in [2.75, 3.05) is 59.7 Å². The van der Waals surface area contributed by atoms with E-state index in [0.29, 0.717) is 50.5 Å². The number of aliphatic hydroxyl groups is 2. The van der Waals surface area contributed by atoms with Gasteiger partial charge in [-0.1, -0.05) is 12.1 Å². The summed E-state index contributed by atoms with van der Waals surface area (Å²) >= 11 is 0. The largest absolute Gasteiger partial charge is 0.394 e. The predicted octanol–water partition coefficient (Wildman–Crippen LogP) is 2.16. The van der Waals surface area contributed by atoms with Crippen LogP contribution in [0.5, 0.6) is 0 Å². The lowest BCUT2D eigenvalue weighted by molar-refractivity contribution is -0.150. The topological polar surface area (TPSA) is 93.6 Å². The molecule has 0 aromatic heterocycles. The van der Waals surface area contributed by atoms with Crippen molar-refractivity contribution in [3.8, 4) is 0 Å². The highest BCUT2D eigenvalue weighted by Crippen LogP contribution is 2.42. The lowest BCUT2D eigenvalue weighted by atomic mass is 9.70. The van der Waals surface area contributed by atoms with Crippen LogP contribution in [-0.4, -0.2) is 108 Å². The van der Waals surface area contributed by atoms with E-state index in [4.69, 9.17) is 4.74 Å². The van der Waals surface area contributed by atoms with Crippen LogP contribution in [0.2, 0.25) is 0 Å². The summed E-state index contributed by atoms with van der Waals surface area (Å²) in [4.78, 5) is 34.3. The minimum Gasteiger partial charge on any atom is -0.394 e. The SMILES string of the molecule is COCCN1C[C@H](C(=O)N2CCCC[C@@H]2CO)C(c2cccc(F)c2C)[C@@H](C(=O)N2CCCC[C@@H]2CO)C1. The summed E-state index contributed by atoms with van der Waals surface area (Å²) in [7, 11) is 1.63. The molecule has 0 spiro atoms. The van der Waals surface area contributed by atoms with Gasteiger partial charge in [-0.2, -0.15) is 0 Å². The number of hydrogen-bond donors (Lipinski definition) is 2. The number of aliphatic hydroxyl groups excluding tert-OH is 2. The Balaban J connectivity index is 1.78. The van der Waals surface area contributed by atoms with E-state index in [-0.39, 0.29) is 42.9 Å². The summed E-state index contributed by atoms with van der Waals surface area (Å²) in [5.74, 6) is -2.14. The van der Waals surface area contributed by atoms with E-state index in [1.54, 1.807) is 29.9 Å². The van der Waals surface area contributed by atoms with Crippen molar-refractivity contribution < 1.29 is 28.9 Å². The molecule has 0 radical (unpaired) electrons. The van der Waals surface area contributed by atoms with Crippen molar-refractivity contribution in [1.29, 1.82) is 0 Å². The summed E-state index contributed by atoms with van der Waals surface area (Å²) in [6.07, 6.45) is 5.18. The minimum atomic E-state index is -0.570. The number of rotatable bonds is 8. The van der Waals surface area contributed by atoms with E-state index >= 15 is 0 Å². The fourth-order valence-corrected chi connectivity index (χ4v) is 6.81. The van der Waals surface area contributed by atoms with Crippen molar-refractivity contribution in [3.63, 3.8) is 0 Å². The zero-order valence-electron chi connectivity index (χ0n) is 22.9. The monoisotopic (exact) mass is 533 g/mol. The van der Waals surface area contributed by atoms with Gasteiger partial charge in [-0.15, -0.1) is 0 Å². The van der Waals surface area contributed by atoms with E-state index in [1.807, 2.05) is 6.07 Å². The van der Waals surface area contributed by atoms with Gasteiger partial charge in [0.2, 0.25) is 11.8 Å². The summed E-state index contributed by atoms with van der Waals surface area (Å²) in [6.45, 7) is 4.60. The zero-order valence-corrected chi connectivity index (χ0v) is 22.9. The Bertz CT molecular complexity index is 916. The van der Waals surface area contributed by atoms with Crippen LogP contribution in [0.1, 0.15) is 55.6 Å². The molecule has 212 valence electrons. The second kappa shape index (κ2) is 13.3. The predicted molar refractivity (Wildman–Crippen MR) is 142 cm³/mol. The van der Waals surface area contributed by atoms with Gasteiger partial charge in [0.25, 0.3) is 0 Å². The van der Waals surface area contributed by atoms with Crippen LogP contribution in [0.15, 0.2) is 18.2 Å². The smallest absolute Gasteiger partial charge is 0.227 e. The van der Waals surface area contributed by atoms with Gasteiger partial charge in [0.05, 0.1) is 43.7 Å². The standard InChI is InChI=1S/C29H44FN3O5/c1-20-23(10-7-11-26(20)30)27-24(28(36)32-12-5-3-8-21(32)18-34)16-31(14-15-38-2)17-25(27)29(37)33-13-6-4-9-22(33)19-35/h7,10-11,21-22,24-25,27,34-35H,3-6,8-9,12-19H2,1-2H3/t21-,22-,24+,25+/m1/s1. The summed E-state index contributed by atoms with van der Waals surface area (Å²) in [5, 5.41) is 20.1. The summed E-state index contributed by atoms with van der Waals surface area (Å²) < 4.78 is 20.2. The third-order valence-corrected chi connectivity index (χ3v) is 8.93. The van der Waals surface area contributed by atoms with Crippen LogP contribution < -0.4 is 0 Å².